The van der Waals surface area contributed by atoms with Crippen LogP contribution < -0.4 is 5.90 Å². The standard InChI is InChI=1S/C11H12FN3O/c12-10-3-1-8(2-4-10)11-9(5-6-16-13)7-14-15-11/h1-4,7H,5-6,13H2,(H,14,15). The van der Waals surface area contributed by atoms with Crippen LogP contribution in [0, 0.1) is 5.82 Å². The number of nitrogens with one attached hydrogen (secondary N) is 1. The number of halogens is 1. The van der Waals surface area contributed by atoms with E-state index >= 15 is 0 Å². The van der Waals surface area contributed by atoms with Crippen molar-refractivity contribution in [3.63, 3.8) is 0 Å². The minimum Gasteiger partial charge on any atom is -0.304 e. The molecule has 4 nitrogen and oxygen atoms in total. The summed E-state index contributed by atoms with van der Waals surface area (Å²) >= 11 is 0. The van der Waals surface area contributed by atoms with Crippen molar-refractivity contribution < 1.29 is 9.23 Å². The van der Waals surface area contributed by atoms with Gasteiger partial charge < -0.3 is 4.84 Å². The Morgan fingerprint density at radius 1 is 1.31 bits per heavy atom. The summed E-state index contributed by atoms with van der Waals surface area (Å²) in [6, 6.07) is 6.24. The molecular formula is C11H12FN3O. The van der Waals surface area contributed by atoms with Gasteiger partial charge in [0.1, 0.15) is 5.82 Å². The van der Waals surface area contributed by atoms with Crippen LogP contribution in [-0.2, 0) is 11.3 Å². The molecular weight excluding hydrogens is 209 g/mol. The second-order valence-electron chi connectivity index (χ2n) is 3.40. The third-order valence-corrected chi connectivity index (χ3v) is 2.34. The Balaban J connectivity index is 2.26. The van der Waals surface area contributed by atoms with Crippen LogP contribution in [0.5, 0.6) is 0 Å². The van der Waals surface area contributed by atoms with Gasteiger partial charge in [-0.3, -0.25) is 5.10 Å². The molecule has 1 aromatic heterocycles. The van der Waals surface area contributed by atoms with Crippen molar-refractivity contribution in [1.82, 2.24) is 10.2 Å². The summed E-state index contributed by atoms with van der Waals surface area (Å²) in [5.74, 6) is 4.72. The van der Waals surface area contributed by atoms with Gasteiger partial charge in [0.25, 0.3) is 0 Å². The normalized spacial score (nSPS) is 10.6. The second-order valence-corrected chi connectivity index (χ2v) is 3.40. The van der Waals surface area contributed by atoms with Crippen molar-refractivity contribution in [2.45, 2.75) is 6.42 Å². The molecule has 0 saturated heterocycles. The molecule has 2 rings (SSSR count). The fourth-order valence-electron chi connectivity index (χ4n) is 1.54. The first-order chi connectivity index (χ1) is 7.81. The predicted molar refractivity (Wildman–Crippen MR) is 57.8 cm³/mol. The summed E-state index contributed by atoms with van der Waals surface area (Å²) in [5.41, 5.74) is 2.76. The van der Waals surface area contributed by atoms with Crippen LogP contribution in [0.15, 0.2) is 30.5 Å². The molecule has 5 heteroatoms. The van der Waals surface area contributed by atoms with Gasteiger partial charge >= 0.3 is 0 Å². The van der Waals surface area contributed by atoms with Crippen LogP contribution >= 0.6 is 0 Å². The molecule has 84 valence electrons. The quantitative estimate of drug-likeness (QED) is 0.771. The molecule has 0 spiro atoms. The molecule has 0 saturated carbocycles. The number of rotatable bonds is 4. The number of nitrogens with two attached hydrogens (primary N) is 1. The Morgan fingerprint density at radius 2 is 2.06 bits per heavy atom. The van der Waals surface area contributed by atoms with Gasteiger partial charge in [0, 0.05) is 17.5 Å². The second kappa shape index (κ2) is 4.87. The molecule has 0 aliphatic heterocycles. The van der Waals surface area contributed by atoms with Crippen molar-refractivity contribution in [3.8, 4) is 11.3 Å². The van der Waals surface area contributed by atoms with E-state index in [1.165, 1.54) is 12.1 Å². The summed E-state index contributed by atoms with van der Waals surface area (Å²) in [7, 11) is 0. The molecule has 0 radical (unpaired) electrons. The van der Waals surface area contributed by atoms with Crippen LogP contribution in [-0.4, -0.2) is 16.8 Å². The van der Waals surface area contributed by atoms with E-state index in [1.54, 1.807) is 18.3 Å². The molecule has 1 heterocycles. The van der Waals surface area contributed by atoms with E-state index in [1.807, 2.05) is 0 Å². The van der Waals surface area contributed by atoms with E-state index in [4.69, 9.17) is 5.90 Å². The third kappa shape index (κ3) is 2.26. The molecule has 0 bridgehead atoms. The van der Waals surface area contributed by atoms with Crippen molar-refractivity contribution in [2.75, 3.05) is 6.61 Å². The van der Waals surface area contributed by atoms with Gasteiger partial charge in [-0.2, -0.15) is 5.10 Å². The van der Waals surface area contributed by atoms with Crippen LogP contribution in [0.2, 0.25) is 0 Å². The first-order valence-corrected chi connectivity index (χ1v) is 4.91. The van der Waals surface area contributed by atoms with Gasteiger partial charge in [-0.25, -0.2) is 10.3 Å². The molecule has 0 aliphatic carbocycles. The SMILES string of the molecule is NOCCc1cn[nH]c1-c1ccc(F)cc1. The highest BCUT2D eigenvalue weighted by Crippen LogP contribution is 2.21. The highest BCUT2D eigenvalue weighted by Gasteiger charge is 2.07. The molecule has 1 aromatic carbocycles. The van der Waals surface area contributed by atoms with E-state index in [2.05, 4.69) is 15.0 Å². The van der Waals surface area contributed by atoms with E-state index < -0.39 is 0 Å². The summed E-state index contributed by atoms with van der Waals surface area (Å²) in [6.07, 6.45) is 2.39. The number of H-pyrrole nitrogens is 1. The van der Waals surface area contributed by atoms with E-state index in [0.717, 1.165) is 16.8 Å². The van der Waals surface area contributed by atoms with Crippen molar-refractivity contribution in [2.24, 2.45) is 5.90 Å². The Morgan fingerprint density at radius 3 is 2.75 bits per heavy atom. The molecule has 0 fully saturated rings. The van der Waals surface area contributed by atoms with Crippen LogP contribution in [0.1, 0.15) is 5.56 Å². The van der Waals surface area contributed by atoms with Gasteiger partial charge in [0.05, 0.1) is 18.5 Å². The minimum atomic E-state index is -0.255. The monoisotopic (exact) mass is 221 g/mol. The molecule has 16 heavy (non-hydrogen) atoms. The average molecular weight is 221 g/mol. The molecule has 2 aromatic rings. The Hall–Kier alpha value is -1.72. The first kappa shape index (κ1) is 10.8. The maximum Gasteiger partial charge on any atom is 0.123 e. The smallest absolute Gasteiger partial charge is 0.123 e. The van der Waals surface area contributed by atoms with Gasteiger partial charge in [-0.05, 0) is 24.3 Å². The lowest BCUT2D eigenvalue weighted by Crippen LogP contribution is -2.03. The van der Waals surface area contributed by atoms with Gasteiger partial charge in [-0.15, -0.1) is 0 Å². The zero-order valence-electron chi connectivity index (χ0n) is 8.61. The summed E-state index contributed by atoms with van der Waals surface area (Å²) in [5, 5.41) is 6.84. The van der Waals surface area contributed by atoms with Crippen LogP contribution in [0.4, 0.5) is 4.39 Å². The van der Waals surface area contributed by atoms with Gasteiger partial charge in [-0.1, -0.05) is 0 Å². The van der Waals surface area contributed by atoms with Gasteiger partial charge in [0.2, 0.25) is 0 Å². The lowest BCUT2D eigenvalue weighted by atomic mass is 10.1. The Bertz CT molecular complexity index is 453. The molecule has 0 atom stereocenters. The van der Waals surface area contributed by atoms with Crippen LogP contribution in [0.3, 0.4) is 0 Å². The Kier molecular flexibility index (Phi) is 3.28. The summed E-state index contributed by atoms with van der Waals surface area (Å²) in [6.45, 7) is 0.424. The van der Waals surface area contributed by atoms with E-state index in [9.17, 15) is 4.39 Å². The summed E-state index contributed by atoms with van der Waals surface area (Å²) < 4.78 is 12.8. The predicted octanol–water partition coefficient (Wildman–Crippen LogP) is 1.65. The zero-order chi connectivity index (χ0) is 11.4. The van der Waals surface area contributed by atoms with E-state index in [0.29, 0.717) is 13.0 Å². The highest BCUT2D eigenvalue weighted by molar-refractivity contribution is 5.62. The fraction of sp³-hybridized carbons (Fsp3) is 0.182. The first-order valence-electron chi connectivity index (χ1n) is 4.91. The number of nitrogens with zero attached hydrogens (tertiary/aromatic N) is 1. The van der Waals surface area contributed by atoms with Gasteiger partial charge in [0.15, 0.2) is 0 Å². The van der Waals surface area contributed by atoms with Crippen molar-refractivity contribution >= 4 is 0 Å². The zero-order valence-corrected chi connectivity index (χ0v) is 8.61. The molecule has 0 aliphatic rings. The number of benzene rings is 1. The fourth-order valence-corrected chi connectivity index (χ4v) is 1.54. The number of hydrogen-bond donors (Lipinski definition) is 2. The lowest BCUT2D eigenvalue weighted by molar-refractivity contribution is 0.141. The van der Waals surface area contributed by atoms with Crippen LogP contribution in [0.25, 0.3) is 11.3 Å². The maximum absolute atomic E-state index is 12.8. The third-order valence-electron chi connectivity index (χ3n) is 2.34. The number of aromatic amines is 1. The summed E-state index contributed by atoms with van der Waals surface area (Å²) in [4.78, 5) is 4.52. The topological polar surface area (TPSA) is 63.9 Å². The Labute approximate surface area is 92.2 Å². The average Bonchev–Trinajstić information content (AvgIpc) is 2.75. The largest absolute Gasteiger partial charge is 0.304 e. The lowest BCUT2D eigenvalue weighted by Gasteiger charge is -2.02. The highest BCUT2D eigenvalue weighted by atomic mass is 19.1. The minimum absolute atomic E-state index is 0.255. The number of hydrogen-bond acceptors (Lipinski definition) is 3. The number of aromatic nitrogens is 2. The molecule has 0 amide bonds. The maximum atomic E-state index is 12.8. The van der Waals surface area contributed by atoms with E-state index in [-0.39, 0.29) is 5.82 Å². The van der Waals surface area contributed by atoms with Crippen molar-refractivity contribution in [1.29, 1.82) is 0 Å². The van der Waals surface area contributed by atoms with Crippen molar-refractivity contribution in [3.05, 3.63) is 41.8 Å². The molecule has 3 N–H and O–H groups in total. The molecule has 0 unspecified atom stereocenters.